The standard InChI is InChI=1S/C21H26N2O4/c1-5-9-14(2)20(24)22-16-12-19(27-4)17(13-18(16)26-3)23-21(25)15-10-7-6-8-11-15/h6-8,10-14H,5,9H2,1-4H3,(H,22,24)(H,23,25)/t14-/m0/s1. The van der Waals surface area contributed by atoms with E-state index in [1.54, 1.807) is 36.4 Å². The van der Waals surface area contributed by atoms with E-state index in [9.17, 15) is 9.59 Å². The van der Waals surface area contributed by atoms with E-state index in [-0.39, 0.29) is 17.7 Å². The lowest BCUT2D eigenvalue weighted by molar-refractivity contribution is -0.119. The maximum Gasteiger partial charge on any atom is 0.255 e. The second kappa shape index (κ2) is 9.62. The summed E-state index contributed by atoms with van der Waals surface area (Å²) in [6, 6.07) is 12.2. The highest BCUT2D eigenvalue weighted by Gasteiger charge is 2.18. The molecule has 2 amide bonds. The third kappa shape index (κ3) is 5.23. The van der Waals surface area contributed by atoms with Crippen LogP contribution in [-0.2, 0) is 4.79 Å². The summed E-state index contributed by atoms with van der Waals surface area (Å²) < 4.78 is 10.8. The lowest BCUT2D eigenvalue weighted by Gasteiger charge is -2.17. The molecule has 6 nitrogen and oxygen atoms in total. The normalized spacial score (nSPS) is 11.4. The highest BCUT2D eigenvalue weighted by molar-refractivity contribution is 6.05. The van der Waals surface area contributed by atoms with Gasteiger partial charge in [-0.25, -0.2) is 0 Å². The Kier molecular flexibility index (Phi) is 7.23. The summed E-state index contributed by atoms with van der Waals surface area (Å²) in [5.41, 5.74) is 1.49. The molecular formula is C21H26N2O4. The predicted molar refractivity (Wildman–Crippen MR) is 107 cm³/mol. The van der Waals surface area contributed by atoms with Crippen molar-refractivity contribution in [2.75, 3.05) is 24.9 Å². The summed E-state index contributed by atoms with van der Waals surface area (Å²) in [6.45, 7) is 3.93. The van der Waals surface area contributed by atoms with Crippen molar-refractivity contribution in [2.24, 2.45) is 5.92 Å². The average Bonchev–Trinajstić information content (AvgIpc) is 2.69. The van der Waals surface area contributed by atoms with E-state index < -0.39 is 0 Å². The molecule has 0 unspecified atom stereocenters. The van der Waals surface area contributed by atoms with Crippen molar-refractivity contribution < 1.29 is 19.1 Å². The summed E-state index contributed by atoms with van der Waals surface area (Å²) in [4.78, 5) is 24.8. The van der Waals surface area contributed by atoms with Crippen LogP contribution >= 0.6 is 0 Å². The molecule has 0 spiro atoms. The number of nitrogens with one attached hydrogen (secondary N) is 2. The Bertz CT molecular complexity index is 790. The number of rotatable bonds is 8. The van der Waals surface area contributed by atoms with E-state index >= 15 is 0 Å². The van der Waals surface area contributed by atoms with E-state index in [1.807, 2.05) is 19.9 Å². The van der Waals surface area contributed by atoms with Gasteiger partial charge in [-0.1, -0.05) is 38.5 Å². The van der Waals surface area contributed by atoms with Gasteiger partial charge in [-0.2, -0.15) is 0 Å². The zero-order chi connectivity index (χ0) is 19.8. The summed E-state index contributed by atoms with van der Waals surface area (Å²) in [5, 5.41) is 5.70. The molecule has 0 aliphatic carbocycles. The Morgan fingerprint density at radius 1 is 0.963 bits per heavy atom. The molecule has 0 saturated heterocycles. The van der Waals surface area contributed by atoms with Gasteiger partial charge in [-0.05, 0) is 18.6 Å². The molecule has 2 aromatic rings. The third-order valence-corrected chi connectivity index (χ3v) is 4.23. The van der Waals surface area contributed by atoms with Crippen LogP contribution in [0, 0.1) is 5.92 Å². The molecule has 0 heterocycles. The maximum atomic E-state index is 12.4. The quantitative estimate of drug-likeness (QED) is 0.725. The first-order chi connectivity index (χ1) is 13.0. The first kappa shape index (κ1) is 20.3. The summed E-state index contributed by atoms with van der Waals surface area (Å²) >= 11 is 0. The van der Waals surface area contributed by atoms with Crippen LogP contribution < -0.4 is 20.1 Å². The van der Waals surface area contributed by atoms with Gasteiger partial charge in [0.25, 0.3) is 5.91 Å². The van der Waals surface area contributed by atoms with Crippen molar-refractivity contribution in [2.45, 2.75) is 26.7 Å². The van der Waals surface area contributed by atoms with Gasteiger partial charge >= 0.3 is 0 Å². The van der Waals surface area contributed by atoms with E-state index in [0.29, 0.717) is 28.4 Å². The van der Waals surface area contributed by atoms with Crippen molar-refractivity contribution in [1.29, 1.82) is 0 Å². The fraction of sp³-hybridized carbons (Fsp3) is 0.333. The lowest BCUT2D eigenvalue weighted by Crippen LogP contribution is -2.21. The first-order valence-corrected chi connectivity index (χ1v) is 8.93. The van der Waals surface area contributed by atoms with E-state index in [4.69, 9.17) is 9.47 Å². The van der Waals surface area contributed by atoms with Crippen LogP contribution in [0.2, 0.25) is 0 Å². The number of amides is 2. The number of ether oxygens (including phenoxy) is 2. The molecule has 0 bridgehead atoms. The number of anilines is 2. The minimum Gasteiger partial charge on any atom is -0.494 e. The molecule has 2 N–H and O–H groups in total. The van der Waals surface area contributed by atoms with E-state index in [2.05, 4.69) is 10.6 Å². The molecule has 2 rings (SSSR count). The van der Waals surface area contributed by atoms with Crippen molar-refractivity contribution >= 4 is 23.2 Å². The molecule has 27 heavy (non-hydrogen) atoms. The van der Waals surface area contributed by atoms with Crippen molar-refractivity contribution in [1.82, 2.24) is 0 Å². The molecule has 0 radical (unpaired) electrons. The number of carbonyl (C=O) groups excluding carboxylic acids is 2. The van der Waals surface area contributed by atoms with Crippen LogP contribution in [0.4, 0.5) is 11.4 Å². The molecule has 6 heteroatoms. The topological polar surface area (TPSA) is 76.7 Å². The van der Waals surface area contributed by atoms with Gasteiger partial charge in [0.1, 0.15) is 11.5 Å². The first-order valence-electron chi connectivity index (χ1n) is 8.93. The van der Waals surface area contributed by atoms with Crippen LogP contribution in [0.3, 0.4) is 0 Å². The number of hydrogen-bond donors (Lipinski definition) is 2. The average molecular weight is 370 g/mol. The zero-order valence-corrected chi connectivity index (χ0v) is 16.2. The number of hydrogen-bond acceptors (Lipinski definition) is 4. The molecular weight excluding hydrogens is 344 g/mol. The van der Waals surface area contributed by atoms with Crippen molar-refractivity contribution in [3.63, 3.8) is 0 Å². The summed E-state index contributed by atoms with van der Waals surface area (Å²) in [7, 11) is 3.01. The monoisotopic (exact) mass is 370 g/mol. The van der Waals surface area contributed by atoms with Crippen LogP contribution in [0.25, 0.3) is 0 Å². The van der Waals surface area contributed by atoms with Gasteiger partial charge in [0.2, 0.25) is 5.91 Å². The van der Waals surface area contributed by atoms with Gasteiger partial charge in [-0.15, -0.1) is 0 Å². The molecule has 2 aromatic carbocycles. The van der Waals surface area contributed by atoms with Crippen LogP contribution in [0.1, 0.15) is 37.0 Å². The fourth-order valence-corrected chi connectivity index (χ4v) is 2.70. The van der Waals surface area contributed by atoms with Gasteiger partial charge in [0, 0.05) is 23.6 Å². The second-order valence-electron chi connectivity index (χ2n) is 6.25. The molecule has 0 aliphatic heterocycles. The lowest BCUT2D eigenvalue weighted by atomic mass is 10.1. The minimum atomic E-state index is -0.260. The van der Waals surface area contributed by atoms with Crippen molar-refractivity contribution in [3.8, 4) is 11.5 Å². The Morgan fingerprint density at radius 2 is 1.52 bits per heavy atom. The van der Waals surface area contributed by atoms with Crippen molar-refractivity contribution in [3.05, 3.63) is 48.0 Å². The Balaban J connectivity index is 2.27. The number of carbonyl (C=O) groups is 2. The molecule has 1 atom stereocenters. The summed E-state index contributed by atoms with van der Waals surface area (Å²) in [5.74, 6) is 0.417. The Morgan fingerprint density at radius 3 is 2.04 bits per heavy atom. The second-order valence-corrected chi connectivity index (χ2v) is 6.25. The largest absolute Gasteiger partial charge is 0.494 e. The fourth-order valence-electron chi connectivity index (χ4n) is 2.70. The van der Waals surface area contributed by atoms with E-state index in [0.717, 1.165) is 12.8 Å². The number of methoxy groups -OCH3 is 2. The van der Waals surface area contributed by atoms with Gasteiger partial charge in [0.15, 0.2) is 0 Å². The zero-order valence-electron chi connectivity index (χ0n) is 16.2. The molecule has 0 aromatic heterocycles. The third-order valence-electron chi connectivity index (χ3n) is 4.23. The van der Waals surface area contributed by atoms with Gasteiger partial charge in [-0.3, -0.25) is 9.59 Å². The van der Waals surface area contributed by atoms with E-state index in [1.165, 1.54) is 14.2 Å². The minimum absolute atomic E-state index is 0.0849. The van der Waals surface area contributed by atoms with Crippen LogP contribution in [0.15, 0.2) is 42.5 Å². The highest BCUT2D eigenvalue weighted by atomic mass is 16.5. The number of benzene rings is 2. The van der Waals surface area contributed by atoms with Gasteiger partial charge < -0.3 is 20.1 Å². The maximum absolute atomic E-state index is 12.4. The molecule has 0 aliphatic rings. The Hall–Kier alpha value is -3.02. The Labute approximate surface area is 159 Å². The molecule has 0 fully saturated rings. The summed E-state index contributed by atoms with van der Waals surface area (Å²) in [6.07, 6.45) is 1.73. The van der Waals surface area contributed by atoms with Gasteiger partial charge in [0.05, 0.1) is 25.6 Å². The highest BCUT2D eigenvalue weighted by Crippen LogP contribution is 2.37. The molecule has 0 saturated carbocycles. The smallest absolute Gasteiger partial charge is 0.255 e. The SMILES string of the molecule is CCC[C@H](C)C(=O)Nc1cc(OC)c(NC(=O)c2ccccc2)cc1OC. The van der Waals surface area contributed by atoms with Crippen LogP contribution in [0.5, 0.6) is 11.5 Å². The molecule has 144 valence electrons. The predicted octanol–water partition coefficient (Wildman–Crippen LogP) is 4.33. The van der Waals surface area contributed by atoms with Crippen LogP contribution in [-0.4, -0.2) is 26.0 Å².